The molecule has 1 aromatic carbocycles. The molecule has 3 aromatic rings. The summed E-state index contributed by atoms with van der Waals surface area (Å²) in [6.07, 6.45) is 3.95. The molecule has 1 aliphatic rings. The van der Waals surface area contributed by atoms with Gasteiger partial charge in [-0.05, 0) is 49.4 Å². The first-order valence-corrected chi connectivity index (χ1v) is 15.2. The van der Waals surface area contributed by atoms with Crippen LogP contribution in [0.3, 0.4) is 0 Å². The first-order chi connectivity index (χ1) is 15.3. The number of halogens is 2. The van der Waals surface area contributed by atoms with Crippen LogP contribution in [0, 0.1) is 0 Å². The molecule has 2 aromatic heterocycles. The highest BCUT2D eigenvalue weighted by Crippen LogP contribution is 2.32. The molecule has 172 valence electrons. The van der Waals surface area contributed by atoms with Crippen molar-refractivity contribution in [1.82, 2.24) is 8.87 Å². The van der Waals surface area contributed by atoms with Crippen molar-refractivity contribution in [3.8, 4) is 0 Å². The molecule has 6 nitrogen and oxygen atoms in total. The summed E-state index contributed by atoms with van der Waals surface area (Å²) >= 11 is 16.2. The Hall–Kier alpha value is -0.880. The van der Waals surface area contributed by atoms with Crippen LogP contribution in [0.15, 0.2) is 39.5 Å². The molecule has 1 amide bonds. The standard InChI is InChI=1S/C20H21Cl2N3O3S4/c1-29-11-10-24-14-6-5-13(21)12-16(14)30-20(24)23-19(26)15-4-2-3-9-25(15)32(27,28)18-8-7-17(22)31-18/h5-8,12,15H,2-4,9-11H2,1H3. The van der Waals surface area contributed by atoms with Crippen molar-refractivity contribution in [1.29, 1.82) is 0 Å². The van der Waals surface area contributed by atoms with E-state index in [0.717, 1.165) is 33.7 Å². The van der Waals surface area contributed by atoms with Crippen molar-refractivity contribution in [3.63, 3.8) is 0 Å². The number of piperidine rings is 1. The average Bonchev–Trinajstić information content (AvgIpc) is 3.35. The number of nitrogens with zero attached hydrogens (tertiary/aromatic N) is 3. The molecule has 12 heteroatoms. The third kappa shape index (κ3) is 4.96. The van der Waals surface area contributed by atoms with Gasteiger partial charge in [0, 0.05) is 23.9 Å². The Morgan fingerprint density at radius 2 is 2.03 bits per heavy atom. The van der Waals surface area contributed by atoms with Crippen LogP contribution in [-0.2, 0) is 21.4 Å². The molecule has 1 saturated heterocycles. The van der Waals surface area contributed by atoms with Gasteiger partial charge in [-0.3, -0.25) is 4.79 Å². The monoisotopic (exact) mass is 549 g/mol. The predicted octanol–water partition coefficient (Wildman–Crippen LogP) is 5.10. The lowest BCUT2D eigenvalue weighted by atomic mass is 10.0. The van der Waals surface area contributed by atoms with Crippen LogP contribution in [-0.4, -0.2) is 47.8 Å². The van der Waals surface area contributed by atoms with Gasteiger partial charge in [-0.1, -0.05) is 41.0 Å². The first-order valence-electron chi connectivity index (χ1n) is 9.95. The molecule has 0 radical (unpaired) electrons. The van der Waals surface area contributed by atoms with Crippen LogP contribution in [0.5, 0.6) is 0 Å². The summed E-state index contributed by atoms with van der Waals surface area (Å²) in [6.45, 7) is 0.980. The lowest BCUT2D eigenvalue weighted by Crippen LogP contribution is -2.47. The van der Waals surface area contributed by atoms with E-state index < -0.39 is 22.0 Å². The SMILES string of the molecule is CSCCn1c(=NC(=O)C2CCCCN2S(=O)(=O)c2ccc(Cl)s2)sc2cc(Cl)ccc21. The van der Waals surface area contributed by atoms with E-state index in [1.165, 1.54) is 21.7 Å². The Morgan fingerprint density at radius 1 is 1.22 bits per heavy atom. The van der Waals surface area contributed by atoms with Crippen molar-refractivity contribution in [2.75, 3.05) is 18.6 Å². The number of carbonyl (C=O) groups is 1. The number of hydrogen-bond acceptors (Lipinski definition) is 6. The van der Waals surface area contributed by atoms with Gasteiger partial charge < -0.3 is 4.57 Å². The number of aryl methyl sites for hydroxylation is 1. The maximum atomic E-state index is 13.3. The van der Waals surface area contributed by atoms with E-state index in [1.807, 2.05) is 29.0 Å². The smallest absolute Gasteiger partial charge is 0.266 e. The molecule has 1 aliphatic heterocycles. The number of thiazole rings is 1. The summed E-state index contributed by atoms with van der Waals surface area (Å²) in [5.41, 5.74) is 0.960. The van der Waals surface area contributed by atoms with E-state index in [2.05, 4.69) is 4.99 Å². The second-order valence-corrected chi connectivity index (χ2v) is 13.5. The number of thiophene rings is 1. The molecule has 1 fully saturated rings. The van der Waals surface area contributed by atoms with Crippen LogP contribution in [0.1, 0.15) is 19.3 Å². The van der Waals surface area contributed by atoms with Gasteiger partial charge in [0.25, 0.3) is 15.9 Å². The van der Waals surface area contributed by atoms with E-state index >= 15 is 0 Å². The number of aromatic nitrogens is 1. The molecule has 0 N–H and O–H groups in total. The van der Waals surface area contributed by atoms with Crippen LogP contribution in [0.4, 0.5) is 0 Å². The van der Waals surface area contributed by atoms with Gasteiger partial charge in [-0.2, -0.15) is 21.1 Å². The highest BCUT2D eigenvalue weighted by Gasteiger charge is 2.38. The van der Waals surface area contributed by atoms with Gasteiger partial charge in [0.1, 0.15) is 10.3 Å². The summed E-state index contributed by atoms with van der Waals surface area (Å²) in [7, 11) is -3.82. The third-order valence-electron chi connectivity index (χ3n) is 5.22. The Morgan fingerprint density at radius 3 is 2.75 bits per heavy atom. The maximum absolute atomic E-state index is 13.3. The Balaban J connectivity index is 1.73. The molecule has 0 spiro atoms. The van der Waals surface area contributed by atoms with E-state index in [1.54, 1.807) is 17.8 Å². The van der Waals surface area contributed by atoms with Crippen molar-refractivity contribution < 1.29 is 13.2 Å². The Labute approximate surface area is 208 Å². The molecule has 1 unspecified atom stereocenters. The van der Waals surface area contributed by atoms with Gasteiger partial charge in [0.05, 0.1) is 14.6 Å². The normalized spacial score (nSPS) is 18.5. The summed E-state index contributed by atoms with van der Waals surface area (Å²) in [5, 5.41) is 0.618. The van der Waals surface area contributed by atoms with Gasteiger partial charge in [-0.15, -0.1) is 11.3 Å². The van der Waals surface area contributed by atoms with Crippen molar-refractivity contribution in [2.24, 2.45) is 4.99 Å². The highest BCUT2D eigenvalue weighted by molar-refractivity contribution is 7.98. The fourth-order valence-corrected chi connectivity index (χ4v) is 8.66. The number of thioether (sulfide) groups is 1. The van der Waals surface area contributed by atoms with Crippen molar-refractivity contribution >= 4 is 83.8 Å². The molecular weight excluding hydrogens is 529 g/mol. The molecule has 0 saturated carbocycles. The zero-order valence-electron chi connectivity index (χ0n) is 17.2. The summed E-state index contributed by atoms with van der Waals surface area (Å²) < 4.78 is 31.2. The van der Waals surface area contributed by atoms with Crippen LogP contribution >= 0.6 is 57.6 Å². The largest absolute Gasteiger partial charge is 0.316 e. The number of hydrogen-bond donors (Lipinski definition) is 0. The topological polar surface area (TPSA) is 71.7 Å². The number of fused-ring (bicyclic) bond motifs is 1. The number of amides is 1. The Bertz CT molecular complexity index is 1310. The molecule has 0 aliphatic carbocycles. The lowest BCUT2D eigenvalue weighted by Gasteiger charge is -2.31. The molecule has 32 heavy (non-hydrogen) atoms. The number of benzene rings is 1. The summed E-state index contributed by atoms with van der Waals surface area (Å²) in [4.78, 5) is 18.3. The second-order valence-electron chi connectivity index (χ2n) is 7.28. The quantitative estimate of drug-likeness (QED) is 0.428. The predicted molar refractivity (Wildman–Crippen MR) is 135 cm³/mol. The minimum atomic E-state index is -3.82. The number of sulfonamides is 1. The zero-order valence-corrected chi connectivity index (χ0v) is 21.9. The number of carbonyl (C=O) groups excluding carboxylic acids is 1. The van der Waals surface area contributed by atoms with Crippen LogP contribution in [0.2, 0.25) is 9.36 Å². The van der Waals surface area contributed by atoms with Crippen LogP contribution < -0.4 is 4.80 Å². The minimum Gasteiger partial charge on any atom is -0.316 e. The molecule has 3 heterocycles. The summed E-state index contributed by atoms with van der Waals surface area (Å²) in [5.74, 6) is 0.422. The van der Waals surface area contributed by atoms with Crippen LogP contribution in [0.25, 0.3) is 10.2 Å². The van der Waals surface area contributed by atoms with E-state index in [9.17, 15) is 13.2 Å². The molecule has 0 bridgehead atoms. The Kier molecular flexibility index (Phi) is 7.71. The molecular formula is C20H21Cl2N3O3S4. The van der Waals surface area contributed by atoms with Crippen molar-refractivity contribution in [2.45, 2.75) is 36.1 Å². The fraction of sp³-hybridized carbons (Fsp3) is 0.400. The highest BCUT2D eigenvalue weighted by atomic mass is 35.5. The third-order valence-corrected chi connectivity index (χ3v) is 10.7. The van der Waals surface area contributed by atoms with Gasteiger partial charge >= 0.3 is 0 Å². The zero-order chi connectivity index (χ0) is 22.9. The fourth-order valence-electron chi connectivity index (χ4n) is 3.69. The van der Waals surface area contributed by atoms with Gasteiger partial charge in [0.2, 0.25) is 0 Å². The number of rotatable bonds is 6. The van der Waals surface area contributed by atoms with E-state index in [0.29, 0.717) is 33.5 Å². The second kappa shape index (κ2) is 10.2. The van der Waals surface area contributed by atoms with Crippen molar-refractivity contribution in [3.05, 3.63) is 44.5 Å². The first kappa shape index (κ1) is 24.3. The minimum absolute atomic E-state index is 0.147. The maximum Gasteiger partial charge on any atom is 0.266 e. The van der Waals surface area contributed by atoms with E-state index in [4.69, 9.17) is 23.2 Å². The lowest BCUT2D eigenvalue weighted by molar-refractivity contribution is -0.122. The molecule has 1 atom stereocenters. The van der Waals surface area contributed by atoms with E-state index in [-0.39, 0.29) is 10.8 Å². The average molecular weight is 551 g/mol. The van der Waals surface area contributed by atoms with Gasteiger partial charge in [-0.25, -0.2) is 8.42 Å². The molecule has 4 rings (SSSR count). The summed E-state index contributed by atoms with van der Waals surface area (Å²) in [6, 6.07) is 7.83. The van der Waals surface area contributed by atoms with Gasteiger partial charge in [0.15, 0.2) is 4.80 Å².